The number of amides is 1. The van der Waals surface area contributed by atoms with Gasteiger partial charge in [0.1, 0.15) is 0 Å². The fraction of sp³-hybridized carbons (Fsp3) is 0.423. The van der Waals surface area contributed by atoms with Crippen LogP contribution in [0, 0.1) is 5.92 Å². The second kappa shape index (κ2) is 8.68. The summed E-state index contributed by atoms with van der Waals surface area (Å²) in [6, 6.07) is 14.8. The first-order chi connectivity index (χ1) is 15.1. The van der Waals surface area contributed by atoms with Gasteiger partial charge in [-0.05, 0) is 80.1 Å². The Morgan fingerprint density at radius 3 is 2.77 bits per heavy atom. The number of piperidine rings is 1. The first kappa shape index (κ1) is 20.6. The van der Waals surface area contributed by atoms with Crippen molar-refractivity contribution in [2.45, 2.75) is 44.7 Å². The Labute approximate surface area is 189 Å². The Balaban J connectivity index is 1.20. The van der Waals surface area contributed by atoms with Crippen molar-refractivity contribution >= 4 is 28.4 Å². The van der Waals surface area contributed by atoms with Crippen LogP contribution in [-0.2, 0) is 24.8 Å². The molecule has 1 aliphatic carbocycles. The number of carbonyl (C=O) groups excluding carboxylic acids is 1. The molecule has 1 fully saturated rings. The Hall–Kier alpha value is -2.30. The summed E-state index contributed by atoms with van der Waals surface area (Å²) in [5, 5.41) is 5.37. The maximum atomic E-state index is 13.0. The molecule has 1 unspecified atom stereocenters. The predicted octanol–water partition coefficient (Wildman–Crippen LogP) is 5.24. The third-order valence-electron chi connectivity index (χ3n) is 7.07. The summed E-state index contributed by atoms with van der Waals surface area (Å²) in [6.45, 7) is 2.81. The highest BCUT2D eigenvalue weighted by Gasteiger charge is 2.28. The van der Waals surface area contributed by atoms with E-state index in [4.69, 9.17) is 11.6 Å². The third-order valence-corrected chi connectivity index (χ3v) is 7.31. The molecule has 31 heavy (non-hydrogen) atoms. The standard InChI is InChI=1S/C26H30ClN3O/c1-29-16-20(23-15-21(27)9-10-25(23)29)17-30-13-11-19(12-14-30)26(31)28-24-8-4-6-18-5-2-3-7-22(18)24/h2-3,5,7,9-10,15-16,19,24H,4,6,8,11-14,17H2,1H3,(H,28,31). The van der Waals surface area contributed by atoms with E-state index in [1.54, 1.807) is 0 Å². The van der Waals surface area contributed by atoms with Gasteiger partial charge in [0, 0.05) is 41.6 Å². The second-order valence-electron chi connectivity index (χ2n) is 9.13. The first-order valence-electron chi connectivity index (χ1n) is 11.4. The minimum Gasteiger partial charge on any atom is -0.350 e. The van der Waals surface area contributed by atoms with Crippen molar-refractivity contribution in [3.8, 4) is 0 Å². The topological polar surface area (TPSA) is 37.3 Å². The van der Waals surface area contributed by atoms with E-state index in [9.17, 15) is 4.79 Å². The van der Waals surface area contributed by atoms with E-state index in [-0.39, 0.29) is 17.9 Å². The zero-order valence-corrected chi connectivity index (χ0v) is 18.9. The molecule has 0 radical (unpaired) electrons. The summed E-state index contributed by atoms with van der Waals surface area (Å²) in [6.07, 6.45) is 7.37. The van der Waals surface area contributed by atoms with Crippen LogP contribution in [0.3, 0.4) is 0 Å². The average Bonchev–Trinajstić information content (AvgIpc) is 3.09. The highest BCUT2D eigenvalue weighted by Crippen LogP contribution is 2.31. The lowest BCUT2D eigenvalue weighted by Crippen LogP contribution is -2.41. The summed E-state index contributed by atoms with van der Waals surface area (Å²) in [7, 11) is 2.08. The molecule has 0 bridgehead atoms. The molecule has 1 aliphatic heterocycles. The lowest BCUT2D eigenvalue weighted by molar-refractivity contribution is -0.127. The van der Waals surface area contributed by atoms with Gasteiger partial charge in [0.15, 0.2) is 0 Å². The van der Waals surface area contributed by atoms with Crippen LogP contribution >= 0.6 is 11.6 Å². The van der Waals surface area contributed by atoms with Crippen molar-refractivity contribution in [3.63, 3.8) is 0 Å². The van der Waals surface area contributed by atoms with Crippen LogP contribution in [0.15, 0.2) is 48.7 Å². The van der Waals surface area contributed by atoms with Crippen molar-refractivity contribution < 1.29 is 4.79 Å². The lowest BCUT2D eigenvalue weighted by Gasteiger charge is -2.33. The molecule has 2 aromatic carbocycles. The van der Waals surface area contributed by atoms with Gasteiger partial charge in [0.05, 0.1) is 6.04 Å². The molecule has 1 aromatic heterocycles. The van der Waals surface area contributed by atoms with E-state index < -0.39 is 0 Å². The van der Waals surface area contributed by atoms with Crippen molar-refractivity contribution in [2.75, 3.05) is 13.1 Å². The molecular formula is C26H30ClN3O. The van der Waals surface area contributed by atoms with Gasteiger partial charge >= 0.3 is 0 Å². The molecule has 162 valence electrons. The van der Waals surface area contributed by atoms with Crippen molar-refractivity contribution in [1.82, 2.24) is 14.8 Å². The molecule has 1 N–H and O–H groups in total. The fourth-order valence-corrected chi connectivity index (χ4v) is 5.53. The molecule has 1 saturated heterocycles. The van der Waals surface area contributed by atoms with Gasteiger partial charge in [-0.3, -0.25) is 9.69 Å². The number of likely N-dealkylation sites (tertiary alicyclic amines) is 1. The minimum atomic E-state index is 0.118. The first-order valence-corrected chi connectivity index (χ1v) is 11.8. The maximum absolute atomic E-state index is 13.0. The van der Waals surface area contributed by atoms with Crippen LogP contribution in [0.4, 0.5) is 0 Å². The highest BCUT2D eigenvalue weighted by atomic mass is 35.5. The van der Waals surface area contributed by atoms with Gasteiger partial charge < -0.3 is 9.88 Å². The van der Waals surface area contributed by atoms with Gasteiger partial charge in [0.2, 0.25) is 5.91 Å². The van der Waals surface area contributed by atoms with Gasteiger partial charge in [-0.1, -0.05) is 35.9 Å². The molecule has 0 spiro atoms. The Morgan fingerprint density at radius 1 is 1.13 bits per heavy atom. The number of carbonyl (C=O) groups is 1. The highest BCUT2D eigenvalue weighted by molar-refractivity contribution is 6.31. The molecule has 1 atom stereocenters. The number of hydrogen-bond donors (Lipinski definition) is 1. The summed E-state index contributed by atoms with van der Waals surface area (Å²) in [4.78, 5) is 15.5. The molecule has 3 aromatic rings. The van der Waals surface area contributed by atoms with Gasteiger partial charge in [0.25, 0.3) is 0 Å². The number of hydrogen-bond acceptors (Lipinski definition) is 2. The molecule has 1 amide bonds. The number of aromatic nitrogens is 1. The minimum absolute atomic E-state index is 0.118. The normalized spacial score (nSPS) is 20.0. The molecule has 4 nitrogen and oxygen atoms in total. The van der Waals surface area contributed by atoms with Crippen LogP contribution < -0.4 is 5.32 Å². The van der Waals surface area contributed by atoms with Crippen LogP contribution in [0.2, 0.25) is 5.02 Å². The van der Waals surface area contributed by atoms with Crippen LogP contribution in [0.25, 0.3) is 10.9 Å². The second-order valence-corrected chi connectivity index (χ2v) is 9.57. The van der Waals surface area contributed by atoms with Gasteiger partial charge in [-0.2, -0.15) is 0 Å². The number of rotatable bonds is 4. The fourth-order valence-electron chi connectivity index (χ4n) is 5.36. The van der Waals surface area contributed by atoms with E-state index in [1.807, 2.05) is 6.07 Å². The number of nitrogens with zero attached hydrogens (tertiary/aromatic N) is 2. The zero-order valence-electron chi connectivity index (χ0n) is 18.1. The van der Waals surface area contributed by atoms with Crippen LogP contribution in [0.1, 0.15) is 48.4 Å². The Bertz CT molecular complexity index is 1100. The predicted molar refractivity (Wildman–Crippen MR) is 126 cm³/mol. The van der Waals surface area contributed by atoms with Crippen LogP contribution in [-0.4, -0.2) is 28.5 Å². The third kappa shape index (κ3) is 4.24. The zero-order chi connectivity index (χ0) is 21.4. The summed E-state index contributed by atoms with van der Waals surface area (Å²) < 4.78 is 2.17. The van der Waals surface area contributed by atoms with Gasteiger partial charge in [-0.25, -0.2) is 0 Å². The lowest BCUT2D eigenvalue weighted by atomic mass is 9.87. The van der Waals surface area contributed by atoms with Crippen molar-refractivity contribution in [2.24, 2.45) is 13.0 Å². The maximum Gasteiger partial charge on any atom is 0.223 e. The van der Waals surface area contributed by atoms with Gasteiger partial charge in [-0.15, -0.1) is 0 Å². The quantitative estimate of drug-likeness (QED) is 0.608. The Morgan fingerprint density at radius 2 is 1.94 bits per heavy atom. The van der Waals surface area contributed by atoms with E-state index in [0.717, 1.165) is 56.8 Å². The van der Waals surface area contributed by atoms with E-state index in [2.05, 4.69) is 64.4 Å². The number of benzene rings is 2. The molecular weight excluding hydrogens is 406 g/mol. The Kier molecular flexibility index (Phi) is 5.77. The average molecular weight is 436 g/mol. The summed E-state index contributed by atoms with van der Waals surface area (Å²) in [5.74, 6) is 0.352. The van der Waals surface area contributed by atoms with Crippen molar-refractivity contribution in [1.29, 1.82) is 0 Å². The van der Waals surface area contributed by atoms with Crippen LogP contribution in [0.5, 0.6) is 0 Å². The largest absolute Gasteiger partial charge is 0.350 e. The number of halogens is 1. The van der Waals surface area contributed by atoms with E-state index >= 15 is 0 Å². The number of aryl methyl sites for hydroxylation is 2. The SMILES string of the molecule is Cn1cc(CN2CCC(C(=O)NC3CCCc4ccccc43)CC2)c2cc(Cl)ccc21. The summed E-state index contributed by atoms with van der Waals surface area (Å²) >= 11 is 6.24. The molecule has 0 saturated carbocycles. The monoisotopic (exact) mass is 435 g/mol. The molecule has 2 heterocycles. The molecule has 2 aliphatic rings. The van der Waals surface area contributed by atoms with E-state index in [0.29, 0.717) is 0 Å². The smallest absolute Gasteiger partial charge is 0.223 e. The van der Waals surface area contributed by atoms with E-state index in [1.165, 1.54) is 27.6 Å². The number of fused-ring (bicyclic) bond motifs is 2. The summed E-state index contributed by atoms with van der Waals surface area (Å²) in [5.41, 5.74) is 5.22. The van der Waals surface area contributed by atoms with Crippen molar-refractivity contribution in [3.05, 3.63) is 70.4 Å². The molecule has 5 rings (SSSR count). The number of nitrogens with one attached hydrogen (secondary N) is 1. The molecule has 5 heteroatoms.